The molecule has 1 aliphatic rings. The van der Waals surface area contributed by atoms with Crippen molar-refractivity contribution in [3.8, 4) is 5.75 Å². The Hall–Kier alpha value is -1.55. The third-order valence-electron chi connectivity index (χ3n) is 3.35. The molecule has 4 heteroatoms. The molecule has 1 aromatic rings. The first-order valence-electron chi connectivity index (χ1n) is 6.83. The van der Waals surface area contributed by atoms with E-state index in [4.69, 9.17) is 10.5 Å². The van der Waals surface area contributed by atoms with Gasteiger partial charge in [-0.2, -0.15) is 0 Å². The van der Waals surface area contributed by atoms with E-state index in [1.54, 1.807) is 6.92 Å². The second-order valence-electron chi connectivity index (χ2n) is 5.43. The van der Waals surface area contributed by atoms with Gasteiger partial charge in [0, 0.05) is 12.1 Å². The Labute approximate surface area is 114 Å². The van der Waals surface area contributed by atoms with E-state index in [9.17, 15) is 4.79 Å². The van der Waals surface area contributed by atoms with Gasteiger partial charge in [-0.1, -0.05) is 6.07 Å². The van der Waals surface area contributed by atoms with E-state index >= 15 is 0 Å². The van der Waals surface area contributed by atoms with Crippen LogP contribution in [-0.4, -0.2) is 18.1 Å². The SMILES string of the molecule is CC(C)NC(=O)C(C)Oc1ccc2c(c1)CC[C@@H]2N. The molecular weight excluding hydrogens is 240 g/mol. The normalized spacial score (nSPS) is 19.1. The highest BCUT2D eigenvalue weighted by atomic mass is 16.5. The van der Waals surface area contributed by atoms with Crippen molar-refractivity contribution in [2.45, 2.75) is 51.8 Å². The molecule has 2 rings (SSSR count). The summed E-state index contributed by atoms with van der Waals surface area (Å²) in [6.07, 6.45) is 1.48. The minimum absolute atomic E-state index is 0.0906. The molecule has 104 valence electrons. The smallest absolute Gasteiger partial charge is 0.260 e. The van der Waals surface area contributed by atoms with E-state index in [2.05, 4.69) is 5.32 Å². The number of benzene rings is 1. The summed E-state index contributed by atoms with van der Waals surface area (Å²) < 4.78 is 5.68. The fraction of sp³-hybridized carbons (Fsp3) is 0.533. The van der Waals surface area contributed by atoms with Crippen LogP contribution in [0.5, 0.6) is 5.75 Å². The van der Waals surface area contributed by atoms with Crippen molar-refractivity contribution in [2.75, 3.05) is 0 Å². The quantitative estimate of drug-likeness (QED) is 0.871. The summed E-state index contributed by atoms with van der Waals surface area (Å²) in [5.74, 6) is 0.645. The van der Waals surface area contributed by atoms with Crippen LogP contribution in [0.3, 0.4) is 0 Å². The highest BCUT2D eigenvalue weighted by Crippen LogP contribution is 2.32. The van der Waals surface area contributed by atoms with Gasteiger partial charge in [0.2, 0.25) is 0 Å². The Bertz CT molecular complexity index is 471. The van der Waals surface area contributed by atoms with E-state index in [0.717, 1.165) is 18.6 Å². The van der Waals surface area contributed by atoms with Crippen molar-refractivity contribution < 1.29 is 9.53 Å². The number of nitrogens with two attached hydrogens (primary N) is 1. The van der Waals surface area contributed by atoms with Crippen LogP contribution < -0.4 is 15.8 Å². The number of carbonyl (C=O) groups is 1. The zero-order chi connectivity index (χ0) is 14.0. The van der Waals surface area contributed by atoms with Gasteiger partial charge in [0.1, 0.15) is 5.75 Å². The molecule has 3 N–H and O–H groups in total. The summed E-state index contributed by atoms with van der Waals surface area (Å²) in [6.45, 7) is 5.62. The van der Waals surface area contributed by atoms with Gasteiger partial charge in [0.25, 0.3) is 5.91 Å². The second-order valence-corrected chi connectivity index (χ2v) is 5.43. The van der Waals surface area contributed by atoms with Crippen LogP contribution in [0.4, 0.5) is 0 Å². The summed E-state index contributed by atoms with van der Waals surface area (Å²) in [5, 5.41) is 2.84. The molecule has 1 unspecified atom stereocenters. The zero-order valence-electron chi connectivity index (χ0n) is 11.8. The average molecular weight is 262 g/mol. The Kier molecular flexibility index (Phi) is 4.10. The van der Waals surface area contributed by atoms with Gasteiger partial charge in [0.15, 0.2) is 6.10 Å². The maximum Gasteiger partial charge on any atom is 0.260 e. The molecule has 0 saturated heterocycles. The van der Waals surface area contributed by atoms with Crippen LogP contribution in [0, 0.1) is 0 Å². The molecule has 0 radical (unpaired) electrons. The number of hydrogen-bond donors (Lipinski definition) is 2. The number of aryl methyl sites for hydroxylation is 1. The molecule has 0 bridgehead atoms. The molecule has 0 saturated carbocycles. The average Bonchev–Trinajstić information content (AvgIpc) is 2.70. The lowest BCUT2D eigenvalue weighted by Gasteiger charge is -2.17. The second kappa shape index (κ2) is 5.61. The van der Waals surface area contributed by atoms with E-state index in [0.29, 0.717) is 0 Å². The van der Waals surface area contributed by atoms with Crippen LogP contribution in [-0.2, 0) is 11.2 Å². The Balaban J connectivity index is 2.02. The number of ether oxygens (including phenoxy) is 1. The lowest BCUT2D eigenvalue weighted by atomic mass is 10.1. The highest BCUT2D eigenvalue weighted by Gasteiger charge is 2.20. The largest absolute Gasteiger partial charge is 0.481 e. The molecule has 0 fully saturated rings. The summed E-state index contributed by atoms with van der Waals surface area (Å²) in [6, 6.07) is 6.17. The summed E-state index contributed by atoms with van der Waals surface area (Å²) in [4.78, 5) is 11.8. The number of fused-ring (bicyclic) bond motifs is 1. The van der Waals surface area contributed by atoms with E-state index in [1.165, 1.54) is 11.1 Å². The van der Waals surface area contributed by atoms with Crippen molar-refractivity contribution in [2.24, 2.45) is 5.73 Å². The van der Waals surface area contributed by atoms with Gasteiger partial charge in [-0.25, -0.2) is 0 Å². The molecule has 1 aromatic carbocycles. The third kappa shape index (κ3) is 3.26. The molecule has 19 heavy (non-hydrogen) atoms. The number of nitrogens with one attached hydrogen (secondary N) is 1. The fourth-order valence-corrected chi connectivity index (χ4v) is 2.36. The van der Waals surface area contributed by atoms with Crippen molar-refractivity contribution in [3.05, 3.63) is 29.3 Å². The minimum Gasteiger partial charge on any atom is -0.481 e. The van der Waals surface area contributed by atoms with Crippen molar-refractivity contribution >= 4 is 5.91 Å². The predicted molar refractivity (Wildman–Crippen MR) is 75.1 cm³/mol. The number of carbonyl (C=O) groups excluding carboxylic acids is 1. The topological polar surface area (TPSA) is 64.3 Å². The van der Waals surface area contributed by atoms with E-state index in [1.807, 2.05) is 32.0 Å². The van der Waals surface area contributed by atoms with Gasteiger partial charge < -0.3 is 15.8 Å². The monoisotopic (exact) mass is 262 g/mol. The number of hydrogen-bond acceptors (Lipinski definition) is 3. The van der Waals surface area contributed by atoms with Gasteiger partial charge >= 0.3 is 0 Å². The first-order valence-corrected chi connectivity index (χ1v) is 6.83. The predicted octanol–water partition coefficient (Wildman–Crippen LogP) is 1.92. The lowest BCUT2D eigenvalue weighted by Crippen LogP contribution is -2.40. The van der Waals surface area contributed by atoms with Crippen molar-refractivity contribution in [3.63, 3.8) is 0 Å². The van der Waals surface area contributed by atoms with E-state index < -0.39 is 6.10 Å². The summed E-state index contributed by atoms with van der Waals surface area (Å²) >= 11 is 0. The first-order chi connectivity index (χ1) is 8.97. The van der Waals surface area contributed by atoms with Gasteiger partial charge in [0.05, 0.1) is 0 Å². The molecular formula is C15H22N2O2. The molecule has 0 aliphatic heterocycles. The molecule has 0 spiro atoms. The van der Waals surface area contributed by atoms with Gasteiger partial charge in [-0.15, -0.1) is 0 Å². The van der Waals surface area contributed by atoms with Crippen LogP contribution >= 0.6 is 0 Å². The summed E-state index contributed by atoms with van der Waals surface area (Å²) in [5.41, 5.74) is 8.43. The number of amides is 1. The maximum absolute atomic E-state index is 11.8. The Morgan fingerprint density at radius 1 is 1.42 bits per heavy atom. The molecule has 0 aromatic heterocycles. The maximum atomic E-state index is 11.8. The van der Waals surface area contributed by atoms with Crippen LogP contribution in [0.2, 0.25) is 0 Å². The number of rotatable bonds is 4. The molecule has 1 aliphatic carbocycles. The lowest BCUT2D eigenvalue weighted by molar-refractivity contribution is -0.127. The fourth-order valence-electron chi connectivity index (χ4n) is 2.36. The first kappa shape index (κ1) is 13.9. The third-order valence-corrected chi connectivity index (χ3v) is 3.35. The molecule has 4 nitrogen and oxygen atoms in total. The van der Waals surface area contributed by atoms with Crippen molar-refractivity contribution in [1.82, 2.24) is 5.32 Å². The van der Waals surface area contributed by atoms with Crippen LogP contribution in [0.15, 0.2) is 18.2 Å². The molecule has 2 atom stereocenters. The van der Waals surface area contributed by atoms with E-state index in [-0.39, 0.29) is 18.0 Å². The van der Waals surface area contributed by atoms with Crippen LogP contribution in [0.1, 0.15) is 44.4 Å². The Morgan fingerprint density at radius 2 is 2.16 bits per heavy atom. The zero-order valence-corrected chi connectivity index (χ0v) is 11.8. The summed E-state index contributed by atoms with van der Waals surface area (Å²) in [7, 11) is 0. The highest BCUT2D eigenvalue weighted by molar-refractivity contribution is 5.80. The minimum atomic E-state index is -0.490. The van der Waals surface area contributed by atoms with Crippen LogP contribution in [0.25, 0.3) is 0 Å². The van der Waals surface area contributed by atoms with Crippen molar-refractivity contribution in [1.29, 1.82) is 0 Å². The molecule has 1 amide bonds. The standard InChI is InChI=1S/C15H22N2O2/c1-9(2)17-15(18)10(3)19-12-5-6-13-11(8-12)4-7-14(13)16/h5-6,8-10,14H,4,7,16H2,1-3H3,(H,17,18)/t10?,14-/m0/s1. The van der Waals surface area contributed by atoms with Gasteiger partial charge in [-0.3, -0.25) is 4.79 Å². The van der Waals surface area contributed by atoms with Gasteiger partial charge in [-0.05, 0) is 56.9 Å². The molecule has 0 heterocycles. The Morgan fingerprint density at radius 3 is 2.84 bits per heavy atom.